The van der Waals surface area contributed by atoms with Crippen LogP contribution in [0.25, 0.3) is 0 Å². The molecule has 0 saturated heterocycles. The number of benzene rings is 1. The lowest BCUT2D eigenvalue weighted by Crippen LogP contribution is -2.26. The van der Waals surface area contributed by atoms with Crippen molar-refractivity contribution in [2.45, 2.75) is 25.7 Å². The van der Waals surface area contributed by atoms with E-state index in [1.54, 1.807) is 0 Å². The van der Waals surface area contributed by atoms with Crippen molar-refractivity contribution in [3.8, 4) is 0 Å². The molecule has 0 unspecified atom stereocenters. The third kappa shape index (κ3) is 6.81. The standard InChI is InChI=1S/C13H18BrN3O2/c14-11-6-4-10(5-7-11)9-13(18)16-8-2-1-3-12(15)17-19/h4-7,19H,1-3,8-9H2,(H2,15,17)(H,16,18). The summed E-state index contributed by atoms with van der Waals surface area (Å²) in [6.45, 7) is 0.605. The largest absolute Gasteiger partial charge is 0.409 e. The highest BCUT2D eigenvalue weighted by Crippen LogP contribution is 2.10. The molecule has 0 aromatic heterocycles. The number of unbranched alkanes of at least 4 members (excludes halogenated alkanes) is 1. The van der Waals surface area contributed by atoms with Crippen molar-refractivity contribution in [2.75, 3.05) is 6.54 Å². The van der Waals surface area contributed by atoms with Crippen molar-refractivity contribution in [3.05, 3.63) is 34.3 Å². The van der Waals surface area contributed by atoms with E-state index in [4.69, 9.17) is 10.9 Å². The molecule has 0 saturated carbocycles. The van der Waals surface area contributed by atoms with E-state index < -0.39 is 0 Å². The molecule has 0 bridgehead atoms. The molecule has 0 atom stereocenters. The number of nitrogens with two attached hydrogens (primary N) is 1. The molecule has 1 aromatic carbocycles. The predicted molar refractivity (Wildman–Crippen MR) is 78.1 cm³/mol. The Bertz CT molecular complexity index is 432. The average Bonchev–Trinajstić information content (AvgIpc) is 2.40. The number of hydrogen-bond donors (Lipinski definition) is 3. The Kier molecular flexibility index (Phi) is 6.95. The lowest BCUT2D eigenvalue weighted by atomic mass is 10.1. The van der Waals surface area contributed by atoms with Crippen LogP contribution in [0.2, 0.25) is 0 Å². The number of amides is 1. The minimum atomic E-state index is 0.00567. The molecule has 1 amide bonds. The Balaban J connectivity index is 2.16. The highest BCUT2D eigenvalue weighted by molar-refractivity contribution is 9.10. The molecule has 0 aliphatic heterocycles. The number of hydrogen-bond acceptors (Lipinski definition) is 3. The monoisotopic (exact) mass is 327 g/mol. The molecule has 5 nitrogen and oxygen atoms in total. The normalized spacial score (nSPS) is 11.3. The maximum absolute atomic E-state index is 11.6. The number of oxime groups is 1. The van der Waals surface area contributed by atoms with Crippen molar-refractivity contribution in [1.82, 2.24) is 5.32 Å². The van der Waals surface area contributed by atoms with Crippen LogP contribution in [0.4, 0.5) is 0 Å². The third-order valence-electron chi connectivity index (χ3n) is 2.59. The Labute approximate surface area is 121 Å². The quantitative estimate of drug-likeness (QED) is 0.235. The molecule has 0 heterocycles. The van der Waals surface area contributed by atoms with E-state index in [9.17, 15) is 4.79 Å². The number of nitrogens with zero attached hydrogens (tertiary/aromatic N) is 1. The molecule has 6 heteroatoms. The maximum atomic E-state index is 11.6. The molecule has 0 spiro atoms. The molecule has 0 fully saturated rings. The minimum absolute atomic E-state index is 0.00567. The fourth-order valence-electron chi connectivity index (χ4n) is 1.56. The highest BCUT2D eigenvalue weighted by Gasteiger charge is 2.02. The number of carbonyl (C=O) groups is 1. The molecule has 4 N–H and O–H groups in total. The van der Waals surface area contributed by atoms with Gasteiger partial charge in [-0.2, -0.15) is 0 Å². The first kappa shape index (κ1) is 15.5. The zero-order valence-corrected chi connectivity index (χ0v) is 12.2. The van der Waals surface area contributed by atoms with Crippen LogP contribution in [0.5, 0.6) is 0 Å². The van der Waals surface area contributed by atoms with Gasteiger partial charge in [0.25, 0.3) is 0 Å². The zero-order valence-electron chi connectivity index (χ0n) is 10.6. The van der Waals surface area contributed by atoms with Crippen LogP contribution in [0.1, 0.15) is 24.8 Å². The first-order valence-electron chi connectivity index (χ1n) is 6.09. The summed E-state index contributed by atoms with van der Waals surface area (Å²) in [7, 11) is 0. The Hall–Kier alpha value is -1.56. The second-order valence-corrected chi connectivity index (χ2v) is 5.12. The van der Waals surface area contributed by atoms with Crippen molar-refractivity contribution >= 4 is 27.7 Å². The first-order chi connectivity index (χ1) is 9.11. The molecule has 19 heavy (non-hydrogen) atoms. The van der Waals surface area contributed by atoms with E-state index in [0.29, 0.717) is 19.4 Å². The van der Waals surface area contributed by atoms with Crippen LogP contribution in [-0.2, 0) is 11.2 Å². The van der Waals surface area contributed by atoms with Gasteiger partial charge in [0.15, 0.2) is 0 Å². The lowest BCUT2D eigenvalue weighted by Gasteiger charge is -2.05. The summed E-state index contributed by atoms with van der Waals surface area (Å²) >= 11 is 3.35. The fourth-order valence-corrected chi connectivity index (χ4v) is 1.82. The van der Waals surface area contributed by atoms with Gasteiger partial charge in [-0.25, -0.2) is 0 Å². The van der Waals surface area contributed by atoms with Gasteiger partial charge in [0.2, 0.25) is 5.91 Å². The second kappa shape index (κ2) is 8.53. The van der Waals surface area contributed by atoms with E-state index in [-0.39, 0.29) is 11.7 Å². The molecule has 0 aliphatic rings. The van der Waals surface area contributed by atoms with Crippen LogP contribution >= 0.6 is 15.9 Å². The van der Waals surface area contributed by atoms with Gasteiger partial charge in [-0.3, -0.25) is 4.79 Å². The van der Waals surface area contributed by atoms with E-state index in [1.165, 1.54) is 0 Å². The summed E-state index contributed by atoms with van der Waals surface area (Å²) in [5, 5.41) is 14.1. The van der Waals surface area contributed by atoms with Crippen molar-refractivity contribution in [3.63, 3.8) is 0 Å². The summed E-state index contributed by atoms with van der Waals surface area (Å²) < 4.78 is 1.000. The lowest BCUT2D eigenvalue weighted by molar-refractivity contribution is -0.120. The van der Waals surface area contributed by atoms with Gasteiger partial charge in [-0.15, -0.1) is 0 Å². The molecule has 1 aromatic rings. The van der Waals surface area contributed by atoms with Gasteiger partial charge in [-0.05, 0) is 30.5 Å². The number of halogens is 1. The molecule has 0 radical (unpaired) electrons. The Morgan fingerprint density at radius 2 is 2.00 bits per heavy atom. The SMILES string of the molecule is NC(CCCCNC(=O)Cc1ccc(Br)cc1)=NO. The summed E-state index contributed by atoms with van der Waals surface area (Å²) in [4.78, 5) is 11.6. The van der Waals surface area contributed by atoms with E-state index in [2.05, 4.69) is 26.4 Å². The fraction of sp³-hybridized carbons (Fsp3) is 0.385. The van der Waals surface area contributed by atoms with E-state index >= 15 is 0 Å². The number of amidine groups is 1. The van der Waals surface area contributed by atoms with Gasteiger partial charge in [-0.1, -0.05) is 33.2 Å². The van der Waals surface area contributed by atoms with Crippen molar-refractivity contribution in [2.24, 2.45) is 10.9 Å². The van der Waals surface area contributed by atoms with Crippen LogP contribution in [0.15, 0.2) is 33.9 Å². The van der Waals surface area contributed by atoms with Gasteiger partial charge in [0.1, 0.15) is 5.84 Å². The predicted octanol–water partition coefficient (Wildman–Crippen LogP) is 2.02. The Morgan fingerprint density at radius 1 is 1.32 bits per heavy atom. The smallest absolute Gasteiger partial charge is 0.224 e. The van der Waals surface area contributed by atoms with Crippen molar-refractivity contribution in [1.29, 1.82) is 0 Å². The summed E-state index contributed by atoms with van der Waals surface area (Å²) in [6.07, 6.45) is 2.52. The molecule has 1 rings (SSSR count). The summed E-state index contributed by atoms with van der Waals surface area (Å²) in [6, 6.07) is 7.67. The molecular formula is C13H18BrN3O2. The maximum Gasteiger partial charge on any atom is 0.224 e. The van der Waals surface area contributed by atoms with Crippen LogP contribution in [-0.4, -0.2) is 23.5 Å². The Morgan fingerprint density at radius 3 is 2.63 bits per heavy atom. The topological polar surface area (TPSA) is 87.7 Å². The number of rotatable bonds is 7. The molecule has 0 aliphatic carbocycles. The average molecular weight is 328 g/mol. The summed E-state index contributed by atoms with van der Waals surface area (Å²) in [5.41, 5.74) is 6.32. The third-order valence-corrected chi connectivity index (χ3v) is 3.12. The molecular weight excluding hydrogens is 310 g/mol. The summed E-state index contributed by atoms with van der Waals surface area (Å²) in [5.74, 6) is 0.229. The van der Waals surface area contributed by atoms with E-state index in [1.807, 2.05) is 24.3 Å². The van der Waals surface area contributed by atoms with Gasteiger partial charge in [0.05, 0.1) is 6.42 Å². The van der Waals surface area contributed by atoms with Crippen LogP contribution < -0.4 is 11.1 Å². The van der Waals surface area contributed by atoms with Crippen LogP contribution in [0, 0.1) is 0 Å². The zero-order chi connectivity index (χ0) is 14.1. The number of nitrogens with one attached hydrogen (secondary N) is 1. The minimum Gasteiger partial charge on any atom is -0.409 e. The van der Waals surface area contributed by atoms with Crippen molar-refractivity contribution < 1.29 is 10.0 Å². The highest BCUT2D eigenvalue weighted by atomic mass is 79.9. The first-order valence-corrected chi connectivity index (χ1v) is 6.88. The van der Waals surface area contributed by atoms with Crippen LogP contribution in [0.3, 0.4) is 0 Å². The second-order valence-electron chi connectivity index (χ2n) is 4.20. The molecule has 104 valence electrons. The number of carbonyl (C=O) groups excluding carboxylic acids is 1. The van der Waals surface area contributed by atoms with Gasteiger partial charge >= 0.3 is 0 Å². The van der Waals surface area contributed by atoms with Gasteiger partial charge in [0, 0.05) is 17.4 Å². The van der Waals surface area contributed by atoms with Gasteiger partial charge < -0.3 is 16.3 Å². The van der Waals surface area contributed by atoms with E-state index in [0.717, 1.165) is 22.9 Å².